The van der Waals surface area contributed by atoms with E-state index in [2.05, 4.69) is 68.3 Å². The molecular formula is C18H18Br2O. The van der Waals surface area contributed by atoms with Crippen LogP contribution in [0.4, 0.5) is 0 Å². The quantitative estimate of drug-likeness (QED) is 0.563. The van der Waals surface area contributed by atoms with E-state index >= 15 is 0 Å². The van der Waals surface area contributed by atoms with Gasteiger partial charge in [-0.1, -0.05) is 46.3 Å². The van der Waals surface area contributed by atoms with E-state index in [0.717, 1.165) is 10.2 Å². The van der Waals surface area contributed by atoms with Gasteiger partial charge in [0, 0.05) is 10.7 Å². The highest BCUT2D eigenvalue weighted by Crippen LogP contribution is 2.45. The van der Waals surface area contributed by atoms with Gasteiger partial charge in [0.25, 0.3) is 0 Å². The smallest absolute Gasteiger partial charge is 0.133 e. The molecule has 0 heterocycles. The van der Waals surface area contributed by atoms with Gasteiger partial charge >= 0.3 is 0 Å². The van der Waals surface area contributed by atoms with Gasteiger partial charge in [0.2, 0.25) is 0 Å². The minimum Gasteiger partial charge on any atom is -0.496 e. The first-order chi connectivity index (χ1) is 10.2. The number of alkyl halides is 1. The summed E-state index contributed by atoms with van der Waals surface area (Å²) in [6.45, 7) is 0. The number of halogens is 2. The number of benzene rings is 2. The molecular weight excluding hydrogens is 392 g/mol. The molecule has 3 rings (SSSR count). The lowest BCUT2D eigenvalue weighted by atomic mass is 9.79. The van der Waals surface area contributed by atoms with Crippen LogP contribution in [-0.4, -0.2) is 7.11 Å². The van der Waals surface area contributed by atoms with E-state index in [1.165, 1.54) is 36.0 Å². The number of rotatable bonds is 3. The monoisotopic (exact) mass is 408 g/mol. The molecule has 0 bridgehead atoms. The molecule has 0 aromatic heterocycles. The zero-order valence-corrected chi connectivity index (χ0v) is 15.2. The first-order valence-corrected chi connectivity index (χ1v) is 8.97. The highest BCUT2D eigenvalue weighted by molar-refractivity contribution is 9.10. The van der Waals surface area contributed by atoms with E-state index in [0.29, 0.717) is 10.7 Å². The van der Waals surface area contributed by atoms with Crippen molar-refractivity contribution in [2.24, 2.45) is 0 Å². The van der Waals surface area contributed by atoms with Crippen LogP contribution in [0.25, 0.3) is 0 Å². The molecule has 1 aliphatic carbocycles. The molecule has 0 saturated carbocycles. The maximum Gasteiger partial charge on any atom is 0.133 e. The molecule has 0 N–H and O–H groups in total. The van der Waals surface area contributed by atoms with E-state index in [9.17, 15) is 0 Å². The SMILES string of the molecule is COc1ccc(C(Br)C2CCCc3ccccc32)cc1Br. The minimum absolute atomic E-state index is 0.334. The van der Waals surface area contributed by atoms with Crippen LogP contribution in [0, 0.1) is 0 Å². The van der Waals surface area contributed by atoms with E-state index in [1.54, 1.807) is 7.11 Å². The first-order valence-electron chi connectivity index (χ1n) is 7.26. The Labute approximate surface area is 143 Å². The Hall–Kier alpha value is -0.800. The van der Waals surface area contributed by atoms with Crippen molar-refractivity contribution in [3.63, 3.8) is 0 Å². The van der Waals surface area contributed by atoms with Gasteiger partial charge in [0.1, 0.15) is 5.75 Å². The van der Waals surface area contributed by atoms with Gasteiger partial charge in [0.05, 0.1) is 11.6 Å². The normalized spacial score (nSPS) is 18.9. The number of methoxy groups -OCH3 is 1. The zero-order chi connectivity index (χ0) is 14.8. The summed E-state index contributed by atoms with van der Waals surface area (Å²) in [5, 5.41) is 0. The summed E-state index contributed by atoms with van der Waals surface area (Å²) in [6, 6.07) is 15.2. The lowest BCUT2D eigenvalue weighted by Gasteiger charge is -2.29. The van der Waals surface area contributed by atoms with Crippen LogP contribution in [0.2, 0.25) is 0 Å². The van der Waals surface area contributed by atoms with Crippen LogP contribution in [0.15, 0.2) is 46.9 Å². The first kappa shape index (κ1) is 15.1. The van der Waals surface area contributed by atoms with E-state index < -0.39 is 0 Å². The van der Waals surface area contributed by atoms with Crippen molar-refractivity contribution in [1.29, 1.82) is 0 Å². The lowest BCUT2D eigenvalue weighted by Crippen LogP contribution is -2.14. The topological polar surface area (TPSA) is 9.23 Å². The fourth-order valence-electron chi connectivity index (χ4n) is 3.18. The van der Waals surface area contributed by atoms with Crippen LogP contribution in [0.3, 0.4) is 0 Å². The fraction of sp³-hybridized carbons (Fsp3) is 0.333. The van der Waals surface area contributed by atoms with Crippen molar-refractivity contribution in [3.05, 3.63) is 63.6 Å². The van der Waals surface area contributed by atoms with Gasteiger partial charge in [-0.05, 0) is 64.0 Å². The van der Waals surface area contributed by atoms with Gasteiger partial charge < -0.3 is 4.74 Å². The van der Waals surface area contributed by atoms with Crippen LogP contribution in [0.5, 0.6) is 5.75 Å². The van der Waals surface area contributed by atoms with Crippen molar-refractivity contribution in [2.45, 2.75) is 30.0 Å². The Morgan fingerprint density at radius 2 is 2.00 bits per heavy atom. The van der Waals surface area contributed by atoms with Crippen molar-refractivity contribution in [1.82, 2.24) is 0 Å². The summed E-state index contributed by atoms with van der Waals surface area (Å²) in [7, 11) is 1.70. The molecule has 110 valence electrons. The minimum atomic E-state index is 0.334. The summed E-state index contributed by atoms with van der Waals surface area (Å²) >= 11 is 7.52. The molecule has 2 aromatic carbocycles. The molecule has 0 fully saturated rings. The average molecular weight is 410 g/mol. The second kappa shape index (κ2) is 6.53. The van der Waals surface area contributed by atoms with Crippen LogP contribution < -0.4 is 4.74 Å². The molecule has 21 heavy (non-hydrogen) atoms. The number of hydrogen-bond acceptors (Lipinski definition) is 1. The summed E-state index contributed by atoms with van der Waals surface area (Å²) in [4.78, 5) is 0.334. The Bertz CT molecular complexity index is 639. The third kappa shape index (κ3) is 3.04. The van der Waals surface area contributed by atoms with E-state index in [4.69, 9.17) is 4.74 Å². The molecule has 0 saturated heterocycles. The number of hydrogen-bond donors (Lipinski definition) is 0. The summed E-state index contributed by atoms with van der Waals surface area (Å²) < 4.78 is 6.33. The van der Waals surface area contributed by atoms with Crippen molar-refractivity contribution in [2.75, 3.05) is 7.11 Å². The van der Waals surface area contributed by atoms with Crippen LogP contribution in [0.1, 0.15) is 40.3 Å². The van der Waals surface area contributed by atoms with Crippen molar-refractivity contribution < 1.29 is 4.74 Å². The number of ether oxygens (including phenoxy) is 1. The predicted molar refractivity (Wildman–Crippen MR) is 94.5 cm³/mol. The van der Waals surface area contributed by atoms with E-state index in [-0.39, 0.29) is 0 Å². The third-order valence-corrected chi connectivity index (χ3v) is 6.05. The molecule has 1 aliphatic rings. The third-order valence-electron chi connectivity index (χ3n) is 4.26. The van der Waals surface area contributed by atoms with Gasteiger partial charge in [-0.2, -0.15) is 0 Å². The largest absolute Gasteiger partial charge is 0.496 e. The molecule has 2 unspecified atom stereocenters. The fourth-order valence-corrected chi connectivity index (χ4v) is 4.57. The maximum atomic E-state index is 5.32. The predicted octanol–water partition coefficient (Wildman–Crippen LogP) is 6.01. The highest BCUT2D eigenvalue weighted by Gasteiger charge is 2.27. The number of fused-ring (bicyclic) bond motifs is 1. The molecule has 0 aliphatic heterocycles. The van der Waals surface area contributed by atoms with Crippen LogP contribution >= 0.6 is 31.9 Å². The molecule has 2 aromatic rings. The standard InChI is InChI=1S/C18H18Br2O/c1-21-17-10-9-13(11-16(17)19)18(20)15-8-4-6-12-5-2-3-7-14(12)15/h2-3,5,7,9-11,15,18H,4,6,8H2,1H3. The second-order valence-corrected chi connectivity index (χ2v) is 7.33. The highest BCUT2D eigenvalue weighted by atomic mass is 79.9. The number of aryl methyl sites for hydroxylation is 1. The molecule has 2 atom stereocenters. The molecule has 0 spiro atoms. The Kier molecular flexibility index (Phi) is 4.70. The van der Waals surface area contributed by atoms with Crippen LogP contribution in [-0.2, 0) is 6.42 Å². The summed E-state index contributed by atoms with van der Waals surface area (Å²) in [5.41, 5.74) is 4.30. The lowest BCUT2D eigenvalue weighted by molar-refractivity contribution is 0.412. The Balaban J connectivity index is 1.92. The van der Waals surface area contributed by atoms with E-state index in [1.807, 2.05) is 6.07 Å². The molecule has 0 amide bonds. The van der Waals surface area contributed by atoms with Crippen molar-refractivity contribution >= 4 is 31.9 Å². The van der Waals surface area contributed by atoms with Gasteiger partial charge in [0.15, 0.2) is 0 Å². The molecule has 0 radical (unpaired) electrons. The average Bonchev–Trinajstić information content (AvgIpc) is 2.53. The Morgan fingerprint density at radius 3 is 2.76 bits per heavy atom. The summed E-state index contributed by atoms with van der Waals surface area (Å²) in [5.74, 6) is 1.41. The van der Waals surface area contributed by atoms with Crippen molar-refractivity contribution in [3.8, 4) is 5.75 Å². The maximum absolute atomic E-state index is 5.32. The second-order valence-electron chi connectivity index (χ2n) is 5.49. The van der Waals surface area contributed by atoms with Gasteiger partial charge in [-0.25, -0.2) is 0 Å². The van der Waals surface area contributed by atoms with Gasteiger partial charge in [-0.3, -0.25) is 0 Å². The molecule has 3 heteroatoms. The summed E-state index contributed by atoms with van der Waals surface area (Å²) in [6.07, 6.45) is 3.70. The van der Waals surface area contributed by atoms with Gasteiger partial charge in [-0.15, -0.1) is 0 Å². The zero-order valence-electron chi connectivity index (χ0n) is 12.0. The Morgan fingerprint density at radius 1 is 1.19 bits per heavy atom. The molecule has 1 nitrogen and oxygen atoms in total.